The summed E-state index contributed by atoms with van der Waals surface area (Å²) in [4.78, 5) is 15.7. The average Bonchev–Trinajstić information content (AvgIpc) is 2.57. The predicted molar refractivity (Wildman–Crippen MR) is 73.0 cm³/mol. The number of carbonyl (C=O) groups is 1. The molecule has 0 aliphatic rings. The molecule has 1 heterocycles. The fourth-order valence-electron chi connectivity index (χ4n) is 1.82. The Balaban J connectivity index is 2.28. The van der Waals surface area contributed by atoms with Crippen LogP contribution in [0.4, 0.5) is 10.8 Å². The minimum atomic E-state index is -0.989. The fraction of sp³-hybridized carbons (Fsp3) is 0.231. The largest absolute Gasteiger partial charge is 0.476 e. The van der Waals surface area contributed by atoms with Crippen molar-refractivity contribution in [1.29, 1.82) is 0 Å². The van der Waals surface area contributed by atoms with Crippen LogP contribution in [0.1, 0.15) is 26.5 Å². The van der Waals surface area contributed by atoms with Gasteiger partial charge in [0.15, 0.2) is 10.8 Å². The molecule has 1 aromatic heterocycles. The monoisotopic (exact) mass is 262 g/mol. The van der Waals surface area contributed by atoms with Crippen LogP contribution in [0, 0.1) is 20.8 Å². The maximum Gasteiger partial charge on any atom is 0.355 e. The number of hydrogen-bond acceptors (Lipinski definition) is 4. The van der Waals surface area contributed by atoms with Gasteiger partial charge in [-0.2, -0.15) is 0 Å². The lowest BCUT2D eigenvalue weighted by molar-refractivity contribution is 0.0690. The molecule has 0 spiro atoms. The SMILES string of the molecule is Cc1cc(C)cc(Nc2nc(C(=O)O)c(C)s2)c1. The Bertz CT molecular complexity index is 585. The summed E-state index contributed by atoms with van der Waals surface area (Å²) in [6.45, 7) is 5.80. The van der Waals surface area contributed by atoms with Crippen LogP contribution in [0.25, 0.3) is 0 Å². The number of carboxylic acid groups (broad SMARTS) is 1. The molecule has 1 aromatic carbocycles. The highest BCUT2D eigenvalue weighted by Gasteiger charge is 2.14. The van der Waals surface area contributed by atoms with Gasteiger partial charge in [0.2, 0.25) is 0 Å². The Hall–Kier alpha value is -1.88. The van der Waals surface area contributed by atoms with Crippen molar-refractivity contribution in [2.45, 2.75) is 20.8 Å². The molecule has 94 valence electrons. The van der Waals surface area contributed by atoms with Crippen LogP contribution < -0.4 is 5.32 Å². The molecule has 2 rings (SSSR count). The number of thiazole rings is 1. The molecule has 0 amide bonds. The zero-order valence-corrected chi connectivity index (χ0v) is 11.3. The molecule has 0 aliphatic carbocycles. The number of anilines is 2. The van der Waals surface area contributed by atoms with Gasteiger partial charge in [-0.25, -0.2) is 9.78 Å². The van der Waals surface area contributed by atoms with Gasteiger partial charge in [0.25, 0.3) is 0 Å². The van der Waals surface area contributed by atoms with E-state index in [1.807, 2.05) is 26.0 Å². The van der Waals surface area contributed by atoms with E-state index in [2.05, 4.69) is 16.4 Å². The maximum atomic E-state index is 10.9. The van der Waals surface area contributed by atoms with Crippen molar-refractivity contribution in [2.75, 3.05) is 5.32 Å². The minimum absolute atomic E-state index is 0.117. The number of aryl methyl sites for hydroxylation is 3. The minimum Gasteiger partial charge on any atom is -0.476 e. The second kappa shape index (κ2) is 4.78. The van der Waals surface area contributed by atoms with Gasteiger partial charge < -0.3 is 10.4 Å². The van der Waals surface area contributed by atoms with Gasteiger partial charge >= 0.3 is 5.97 Å². The number of aromatic nitrogens is 1. The van der Waals surface area contributed by atoms with Gasteiger partial charge in [-0.3, -0.25) is 0 Å². The van der Waals surface area contributed by atoms with E-state index in [4.69, 9.17) is 5.11 Å². The average molecular weight is 262 g/mol. The van der Waals surface area contributed by atoms with Gasteiger partial charge in [-0.1, -0.05) is 6.07 Å². The Labute approximate surface area is 109 Å². The lowest BCUT2D eigenvalue weighted by atomic mass is 10.1. The van der Waals surface area contributed by atoms with Crippen molar-refractivity contribution in [3.63, 3.8) is 0 Å². The first-order valence-electron chi connectivity index (χ1n) is 5.52. The smallest absolute Gasteiger partial charge is 0.355 e. The van der Waals surface area contributed by atoms with Crippen molar-refractivity contribution in [1.82, 2.24) is 4.98 Å². The third-order valence-corrected chi connectivity index (χ3v) is 3.36. The summed E-state index contributed by atoms with van der Waals surface area (Å²) in [5.74, 6) is -0.989. The van der Waals surface area contributed by atoms with Gasteiger partial charge in [-0.05, 0) is 44.0 Å². The third kappa shape index (κ3) is 2.68. The van der Waals surface area contributed by atoms with Crippen molar-refractivity contribution >= 4 is 28.1 Å². The van der Waals surface area contributed by atoms with Gasteiger partial charge in [0, 0.05) is 10.6 Å². The Morgan fingerprint density at radius 2 is 1.83 bits per heavy atom. The highest BCUT2D eigenvalue weighted by molar-refractivity contribution is 7.15. The van der Waals surface area contributed by atoms with E-state index in [0.717, 1.165) is 16.8 Å². The van der Waals surface area contributed by atoms with E-state index in [-0.39, 0.29) is 5.69 Å². The number of nitrogens with zero attached hydrogens (tertiary/aromatic N) is 1. The lowest BCUT2D eigenvalue weighted by Crippen LogP contribution is -1.99. The summed E-state index contributed by atoms with van der Waals surface area (Å²) in [5, 5.41) is 12.7. The molecule has 0 bridgehead atoms. The maximum absolute atomic E-state index is 10.9. The molecular formula is C13H14N2O2S. The summed E-state index contributed by atoms with van der Waals surface area (Å²) in [6.07, 6.45) is 0. The first kappa shape index (κ1) is 12.6. The standard InChI is InChI=1S/C13H14N2O2S/c1-7-4-8(2)6-10(5-7)14-13-15-11(12(16)17)9(3)18-13/h4-6H,1-3H3,(H,14,15)(H,16,17). The van der Waals surface area contributed by atoms with Crippen molar-refractivity contribution < 1.29 is 9.90 Å². The highest BCUT2D eigenvalue weighted by Crippen LogP contribution is 2.26. The second-order valence-corrected chi connectivity index (χ2v) is 5.43. The molecule has 0 saturated heterocycles. The molecular weight excluding hydrogens is 248 g/mol. The number of aromatic carboxylic acids is 1. The normalized spacial score (nSPS) is 10.4. The summed E-state index contributed by atoms with van der Waals surface area (Å²) in [7, 11) is 0. The first-order valence-corrected chi connectivity index (χ1v) is 6.33. The van der Waals surface area contributed by atoms with Crippen LogP contribution in [0.15, 0.2) is 18.2 Å². The van der Waals surface area contributed by atoms with Crippen LogP contribution in [0.3, 0.4) is 0 Å². The zero-order chi connectivity index (χ0) is 13.3. The number of carboxylic acids is 1. The summed E-state index contributed by atoms with van der Waals surface area (Å²) in [6, 6.07) is 6.09. The number of nitrogens with one attached hydrogen (secondary N) is 1. The summed E-state index contributed by atoms with van der Waals surface area (Å²) >= 11 is 1.35. The van der Waals surface area contributed by atoms with Crippen LogP contribution >= 0.6 is 11.3 Å². The van der Waals surface area contributed by atoms with E-state index < -0.39 is 5.97 Å². The Morgan fingerprint density at radius 3 is 2.33 bits per heavy atom. The van der Waals surface area contributed by atoms with Crippen molar-refractivity contribution in [3.8, 4) is 0 Å². The second-order valence-electron chi connectivity index (χ2n) is 4.23. The number of benzene rings is 1. The molecule has 0 unspecified atom stereocenters. The quantitative estimate of drug-likeness (QED) is 0.888. The molecule has 2 N–H and O–H groups in total. The molecule has 5 heteroatoms. The zero-order valence-electron chi connectivity index (χ0n) is 10.4. The van der Waals surface area contributed by atoms with Crippen LogP contribution in [-0.2, 0) is 0 Å². The van der Waals surface area contributed by atoms with Crippen molar-refractivity contribution in [3.05, 3.63) is 39.9 Å². The van der Waals surface area contributed by atoms with Gasteiger partial charge in [0.05, 0.1) is 0 Å². The van der Waals surface area contributed by atoms with E-state index in [1.165, 1.54) is 11.3 Å². The molecule has 4 nitrogen and oxygen atoms in total. The van der Waals surface area contributed by atoms with Crippen molar-refractivity contribution in [2.24, 2.45) is 0 Å². The van der Waals surface area contributed by atoms with E-state index in [1.54, 1.807) is 6.92 Å². The summed E-state index contributed by atoms with van der Waals surface area (Å²) < 4.78 is 0. The molecule has 0 fully saturated rings. The first-order chi connectivity index (χ1) is 8.45. The van der Waals surface area contributed by atoms with E-state index in [9.17, 15) is 4.79 Å². The predicted octanol–water partition coefficient (Wildman–Crippen LogP) is 3.51. The van der Waals surface area contributed by atoms with Gasteiger partial charge in [-0.15, -0.1) is 11.3 Å². The number of hydrogen-bond donors (Lipinski definition) is 2. The van der Waals surface area contributed by atoms with E-state index in [0.29, 0.717) is 10.0 Å². The molecule has 18 heavy (non-hydrogen) atoms. The van der Waals surface area contributed by atoms with E-state index >= 15 is 0 Å². The lowest BCUT2D eigenvalue weighted by Gasteiger charge is -2.05. The highest BCUT2D eigenvalue weighted by atomic mass is 32.1. The fourth-order valence-corrected chi connectivity index (χ4v) is 2.64. The third-order valence-electron chi connectivity index (χ3n) is 2.47. The van der Waals surface area contributed by atoms with Crippen LogP contribution in [-0.4, -0.2) is 16.1 Å². The molecule has 0 atom stereocenters. The van der Waals surface area contributed by atoms with Crippen LogP contribution in [0.2, 0.25) is 0 Å². The molecule has 0 radical (unpaired) electrons. The van der Waals surface area contributed by atoms with Crippen LogP contribution in [0.5, 0.6) is 0 Å². The Morgan fingerprint density at radius 1 is 1.22 bits per heavy atom. The summed E-state index contributed by atoms with van der Waals surface area (Å²) in [5.41, 5.74) is 3.36. The topological polar surface area (TPSA) is 62.2 Å². The molecule has 0 aliphatic heterocycles. The Kier molecular flexibility index (Phi) is 3.34. The number of rotatable bonds is 3. The molecule has 0 saturated carbocycles. The molecule has 2 aromatic rings. The van der Waals surface area contributed by atoms with Gasteiger partial charge in [0.1, 0.15) is 0 Å².